The molecular weight excluding hydrogens is 675 g/mol. The van der Waals surface area contributed by atoms with Gasteiger partial charge in [-0.15, -0.1) is 0 Å². The summed E-state index contributed by atoms with van der Waals surface area (Å²) in [6.07, 6.45) is 39.6. The average molecular weight is 766 g/mol. The third kappa shape index (κ3) is 38.6. The van der Waals surface area contributed by atoms with Crippen molar-refractivity contribution in [2.75, 3.05) is 19.8 Å². The Morgan fingerprint density at radius 3 is 1.28 bits per heavy atom. The molecule has 0 bridgehead atoms. The van der Waals surface area contributed by atoms with Crippen molar-refractivity contribution in [1.29, 1.82) is 0 Å². The number of hydrogen-bond acceptors (Lipinski definition) is 7. The van der Waals surface area contributed by atoms with E-state index in [4.69, 9.17) is 19.9 Å². The molecule has 2 atom stereocenters. The number of rotatable bonds is 43. The maximum atomic E-state index is 12.6. The van der Waals surface area contributed by atoms with E-state index in [9.17, 15) is 14.4 Å². The lowest BCUT2D eigenvalue weighted by atomic mass is 9.92. The molecule has 0 fully saturated rings. The molecule has 0 aliphatic carbocycles. The highest BCUT2D eigenvalue weighted by Gasteiger charge is 2.16. The van der Waals surface area contributed by atoms with Gasteiger partial charge in [0.25, 0.3) is 0 Å². The standard InChI is InChI=1S/C47H91NO6/c1-4-7-10-12-13-14-20-26-34-43(33-25-9-6-3)42-47(51)53-41-31-24-18-16-22-28-36-44(54-46(50)38-32-39-48)35-27-21-15-17-23-30-40-52-45(49)37-29-19-11-8-5-2/h43-44H,4-42,48H2,1-3H3. The molecule has 0 aromatic rings. The van der Waals surface area contributed by atoms with Crippen LogP contribution in [0.2, 0.25) is 0 Å². The maximum Gasteiger partial charge on any atom is 0.306 e. The minimum absolute atomic E-state index is 0.00239. The van der Waals surface area contributed by atoms with Crippen LogP contribution in [0.15, 0.2) is 0 Å². The molecule has 7 heteroatoms. The number of ether oxygens (including phenoxy) is 3. The van der Waals surface area contributed by atoms with Crippen molar-refractivity contribution in [2.45, 2.75) is 258 Å². The number of unbranched alkanes of at least 4 members (excludes halogenated alkanes) is 23. The van der Waals surface area contributed by atoms with Gasteiger partial charge in [-0.05, 0) is 76.7 Å². The fraction of sp³-hybridized carbons (Fsp3) is 0.936. The van der Waals surface area contributed by atoms with E-state index in [-0.39, 0.29) is 24.0 Å². The largest absolute Gasteiger partial charge is 0.466 e. The minimum Gasteiger partial charge on any atom is -0.466 e. The summed E-state index contributed by atoms with van der Waals surface area (Å²) in [6, 6.07) is 0. The van der Waals surface area contributed by atoms with Crippen molar-refractivity contribution in [1.82, 2.24) is 0 Å². The molecule has 0 aromatic heterocycles. The van der Waals surface area contributed by atoms with Crippen LogP contribution >= 0.6 is 0 Å². The van der Waals surface area contributed by atoms with E-state index in [0.29, 0.717) is 51.4 Å². The van der Waals surface area contributed by atoms with Crippen LogP contribution in [0.4, 0.5) is 0 Å². The molecule has 0 aliphatic heterocycles. The van der Waals surface area contributed by atoms with E-state index in [1.807, 2.05) is 0 Å². The van der Waals surface area contributed by atoms with Crippen molar-refractivity contribution in [2.24, 2.45) is 11.7 Å². The lowest BCUT2D eigenvalue weighted by Crippen LogP contribution is -2.19. The quantitative estimate of drug-likeness (QED) is 0.0374. The first kappa shape index (κ1) is 52.4. The molecule has 0 saturated carbocycles. The summed E-state index contributed by atoms with van der Waals surface area (Å²) in [5.74, 6) is 0.328. The van der Waals surface area contributed by atoms with Crippen molar-refractivity contribution in [3.8, 4) is 0 Å². The molecule has 0 radical (unpaired) electrons. The molecule has 0 rings (SSSR count). The van der Waals surface area contributed by atoms with Gasteiger partial charge in [0, 0.05) is 19.3 Å². The Kier molecular flexibility index (Phi) is 41.2. The third-order valence-electron chi connectivity index (χ3n) is 10.9. The van der Waals surface area contributed by atoms with E-state index >= 15 is 0 Å². The van der Waals surface area contributed by atoms with Gasteiger partial charge >= 0.3 is 17.9 Å². The summed E-state index contributed by atoms with van der Waals surface area (Å²) in [5.41, 5.74) is 5.61. The SMILES string of the molecule is CCCCCCCCCCC(CCCCC)CC(=O)OCCCCCCCCC(CCCCCCCCOC(=O)CCCCCCC)OC(=O)CCCN. The van der Waals surface area contributed by atoms with Gasteiger partial charge in [0.2, 0.25) is 0 Å². The van der Waals surface area contributed by atoms with Crippen molar-refractivity contribution in [3.05, 3.63) is 0 Å². The summed E-state index contributed by atoms with van der Waals surface area (Å²) in [5, 5.41) is 0. The first-order valence-corrected chi connectivity index (χ1v) is 23.7. The van der Waals surface area contributed by atoms with Gasteiger partial charge in [-0.25, -0.2) is 0 Å². The van der Waals surface area contributed by atoms with Crippen LogP contribution < -0.4 is 5.73 Å². The lowest BCUT2D eigenvalue weighted by molar-refractivity contribution is -0.150. The molecule has 7 nitrogen and oxygen atoms in total. The second-order valence-corrected chi connectivity index (χ2v) is 16.3. The van der Waals surface area contributed by atoms with Crippen LogP contribution in [-0.4, -0.2) is 43.8 Å². The number of carbonyl (C=O) groups is 3. The fourth-order valence-corrected chi connectivity index (χ4v) is 7.33. The Bertz CT molecular complexity index is 820. The summed E-state index contributed by atoms with van der Waals surface area (Å²) in [4.78, 5) is 36.9. The van der Waals surface area contributed by atoms with Crippen LogP contribution in [0.1, 0.15) is 252 Å². The van der Waals surface area contributed by atoms with Crippen LogP contribution in [0.25, 0.3) is 0 Å². The van der Waals surface area contributed by atoms with Crippen LogP contribution in [0.5, 0.6) is 0 Å². The number of hydrogen-bond donors (Lipinski definition) is 1. The van der Waals surface area contributed by atoms with E-state index in [2.05, 4.69) is 20.8 Å². The molecule has 0 amide bonds. The van der Waals surface area contributed by atoms with Crippen molar-refractivity contribution >= 4 is 17.9 Å². The summed E-state index contributed by atoms with van der Waals surface area (Å²) < 4.78 is 17.0. The zero-order valence-corrected chi connectivity index (χ0v) is 36.3. The number of esters is 3. The summed E-state index contributed by atoms with van der Waals surface area (Å²) in [6.45, 7) is 8.31. The Hall–Kier alpha value is -1.63. The van der Waals surface area contributed by atoms with Crippen LogP contribution in [-0.2, 0) is 28.6 Å². The first-order chi connectivity index (χ1) is 26.5. The average Bonchev–Trinajstić information content (AvgIpc) is 3.16. The van der Waals surface area contributed by atoms with Crippen molar-refractivity contribution < 1.29 is 28.6 Å². The highest BCUT2D eigenvalue weighted by molar-refractivity contribution is 5.70. The van der Waals surface area contributed by atoms with Gasteiger partial charge < -0.3 is 19.9 Å². The van der Waals surface area contributed by atoms with E-state index in [0.717, 1.165) is 109 Å². The van der Waals surface area contributed by atoms with Crippen LogP contribution in [0.3, 0.4) is 0 Å². The normalized spacial score (nSPS) is 12.4. The van der Waals surface area contributed by atoms with Gasteiger partial charge in [-0.1, -0.05) is 168 Å². The smallest absolute Gasteiger partial charge is 0.306 e. The van der Waals surface area contributed by atoms with Gasteiger partial charge in [0.15, 0.2) is 0 Å². The second-order valence-electron chi connectivity index (χ2n) is 16.3. The highest BCUT2D eigenvalue weighted by Crippen LogP contribution is 2.23. The predicted octanol–water partition coefficient (Wildman–Crippen LogP) is 13.7. The molecule has 0 spiro atoms. The minimum atomic E-state index is -0.115. The zero-order chi connectivity index (χ0) is 39.6. The fourth-order valence-electron chi connectivity index (χ4n) is 7.33. The molecule has 54 heavy (non-hydrogen) atoms. The molecule has 0 aromatic carbocycles. The Balaban J connectivity index is 4.11. The number of carbonyl (C=O) groups excluding carboxylic acids is 3. The van der Waals surface area contributed by atoms with Gasteiger partial charge in [-0.3, -0.25) is 14.4 Å². The third-order valence-corrected chi connectivity index (χ3v) is 10.9. The van der Waals surface area contributed by atoms with E-state index in [1.54, 1.807) is 0 Å². The molecule has 2 N–H and O–H groups in total. The molecule has 2 unspecified atom stereocenters. The predicted molar refractivity (Wildman–Crippen MR) is 228 cm³/mol. The first-order valence-electron chi connectivity index (χ1n) is 23.7. The van der Waals surface area contributed by atoms with E-state index < -0.39 is 0 Å². The second kappa shape index (κ2) is 42.5. The van der Waals surface area contributed by atoms with Gasteiger partial charge in [0.1, 0.15) is 6.10 Å². The Morgan fingerprint density at radius 2 is 0.778 bits per heavy atom. The Labute approximate surface area is 335 Å². The van der Waals surface area contributed by atoms with Crippen molar-refractivity contribution in [3.63, 3.8) is 0 Å². The Morgan fingerprint density at radius 1 is 0.407 bits per heavy atom. The summed E-state index contributed by atoms with van der Waals surface area (Å²) >= 11 is 0. The van der Waals surface area contributed by atoms with Gasteiger partial charge in [-0.2, -0.15) is 0 Å². The van der Waals surface area contributed by atoms with Gasteiger partial charge in [0.05, 0.1) is 13.2 Å². The highest BCUT2D eigenvalue weighted by atomic mass is 16.5. The number of nitrogens with two attached hydrogens (primary N) is 1. The zero-order valence-electron chi connectivity index (χ0n) is 36.3. The van der Waals surface area contributed by atoms with Crippen LogP contribution in [0, 0.1) is 5.92 Å². The summed E-state index contributed by atoms with van der Waals surface area (Å²) in [7, 11) is 0. The topological polar surface area (TPSA) is 105 Å². The van der Waals surface area contributed by atoms with E-state index in [1.165, 1.54) is 96.3 Å². The molecule has 0 heterocycles. The maximum absolute atomic E-state index is 12.6. The lowest BCUT2D eigenvalue weighted by Gasteiger charge is -2.18. The molecule has 0 saturated heterocycles. The molecule has 0 aliphatic rings. The molecule has 320 valence electrons. The monoisotopic (exact) mass is 766 g/mol. The molecular formula is C47H91NO6.